The highest BCUT2D eigenvalue weighted by atomic mass is 32.1. The Hall–Kier alpha value is -3.46. The molecule has 0 atom stereocenters. The summed E-state index contributed by atoms with van der Waals surface area (Å²) in [7, 11) is 4.09. The summed E-state index contributed by atoms with van der Waals surface area (Å²) in [6, 6.07) is 11.5. The molecule has 0 aliphatic carbocycles. The molecule has 0 saturated heterocycles. The van der Waals surface area contributed by atoms with Crippen molar-refractivity contribution in [2.75, 3.05) is 21.3 Å². The van der Waals surface area contributed by atoms with Crippen LogP contribution in [0.25, 0.3) is 10.2 Å². The van der Waals surface area contributed by atoms with Crippen molar-refractivity contribution in [1.82, 2.24) is 4.57 Å². The number of amides is 1. The monoisotopic (exact) mass is 414 g/mol. The van der Waals surface area contributed by atoms with Gasteiger partial charge in [-0.3, -0.25) is 9.59 Å². The van der Waals surface area contributed by atoms with E-state index in [1.807, 2.05) is 0 Å². The molecule has 1 aromatic heterocycles. The van der Waals surface area contributed by atoms with E-state index < -0.39 is 17.8 Å². The van der Waals surface area contributed by atoms with Gasteiger partial charge in [0.1, 0.15) is 12.3 Å². The predicted molar refractivity (Wildman–Crippen MR) is 106 cm³/mol. The molecule has 3 rings (SSSR count). The smallest absolute Gasteiger partial charge is 0.337 e. The molecule has 0 fully saturated rings. The summed E-state index contributed by atoms with van der Waals surface area (Å²) >= 11 is 1.18. The molecular formula is C20H18N2O6S. The summed E-state index contributed by atoms with van der Waals surface area (Å²) in [6.07, 6.45) is 0. The number of nitrogens with zero attached hydrogens (tertiary/aromatic N) is 2. The molecule has 29 heavy (non-hydrogen) atoms. The second-order valence-electron chi connectivity index (χ2n) is 5.87. The number of thiazole rings is 1. The highest BCUT2D eigenvalue weighted by Crippen LogP contribution is 2.20. The quantitative estimate of drug-likeness (QED) is 0.595. The zero-order valence-electron chi connectivity index (χ0n) is 16.0. The summed E-state index contributed by atoms with van der Waals surface area (Å²) in [6.45, 7) is -0.127. The van der Waals surface area contributed by atoms with E-state index in [0.717, 1.165) is 0 Å². The van der Waals surface area contributed by atoms with Crippen LogP contribution in [0.4, 0.5) is 0 Å². The van der Waals surface area contributed by atoms with Gasteiger partial charge in [-0.1, -0.05) is 17.4 Å². The standard InChI is InChI=1S/C20H18N2O6S/c1-26-14-6-4-5-12(9-14)18(24)21-20-22(11-17(23)27-2)15-8-7-13(19(25)28-3)10-16(15)29-20/h4-10H,11H2,1-3H3. The van der Waals surface area contributed by atoms with Gasteiger partial charge in [-0.15, -0.1) is 0 Å². The number of carbonyl (C=O) groups is 3. The Morgan fingerprint density at radius 3 is 2.48 bits per heavy atom. The Morgan fingerprint density at radius 1 is 1.00 bits per heavy atom. The lowest BCUT2D eigenvalue weighted by Gasteiger charge is -2.04. The van der Waals surface area contributed by atoms with Gasteiger partial charge in [0.2, 0.25) is 0 Å². The number of carbonyl (C=O) groups excluding carboxylic acids is 3. The minimum atomic E-state index is -0.489. The van der Waals surface area contributed by atoms with Crippen molar-refractivity contribution in [3.05, 3.63) is 58.4 Å². The Kier molecular flexibility index (Phi) is 6.08. The largest absolute Gasteiger partial charge is 0.497 e. The van der Waals surface area contributed by atoms with Crippen LogP contribution in [-0.4, -0.2) is 43.7 Å². The number of aromatic nitrogens is 1. The molecule has 0 saturated carbocycles. The Morgan fingerprint density at radius 2 is 1.79 bits per heavy atom. The minimum absolute atomic E-state index is 0.127. The fraction of sp³-hybridized carbons (Fsp3) is 0.200. The molecule has 9 heteroatoms. The first kappa shape index (κ1) is 20.3. The first-order valence-electron chi connectivity index (χ1n) is 8.48. The van der Waals surface area contributed by atoms with E-state index in [-0.39, 0.29) is 6.54 Å². The average Bonchev–Trinajstić information content (AvgIpc) is 3.08. The van der Waals surface area contributed by atoms with Crippen LogP contribution in [0, 0.1) is 0 Å². The van der Waals surface area contributed by atoms with Crippen LogP contribution in [0.5, 0.6) is 5.75 Å². The molecule has 0 unspecified atom stereocenters. The number of hydrogen-bond donors (Lipinski definition) is 0. The molecule has 1 heterocycles. The maximum absolute atomic E-state index is 12.7. The van der Waals surface area contributed by atoms with Crippen LogP contribution < -0.4 is 9.54 Å². The molecule has 0 spiro atoms. The summed E-state index contributed by atoms with van der Waals surface area (Å²) in [4.78, 5) is 40.9. The highest BCUT2D eigenvalue weighted by Gasteiger charge is 2.15. The van der Waals surface area contributed by atoms with E-state index in [1.165, 1.54) is 32.7 Å². The van der Waals surface area contributed by atoms with Crippen molar-refractivity contribution in [1.29, 1.82) is 0 Å². The fourth-order valence-electron chi connectivity index (χ4n) is 2.66. The van der Waals surface area contributed by atoms with E-state index in [2.05, 4.69) is 4.99 Å². The number of fused-ring (bicyclic) bond motifs is 1. The van der Waals surface area contributed by atoms with E-state index in [1.54, 1.807) is 47.0 Å². The van der Waals surface area contributed by atoms with E-state index >= 15 is 0 Å². The zero-order valence-corrected chi connectivity index (χ0v) is 16.8. The minimum Gasteiger partial charge on any atom is -0.497 e. The lowest BCUT2D eigenvalue weighted by Crippen LogP contribution is -2.22. The van der Waals surface area contributed by atoms with Crippen molar-refractivity contribution in [3.8, 4) is 5.75 Å². The van der Waals surface area contributed by atoms with Crippen LogP contribution in [0.2, 0.25) is 0 Å². The van der Waals surface area contributed by atoms with Crippen LogP contribution in [0.3, 0.4) is 0 Å². The van der Waals surface area contributed by atoms with Gasteiger partial charge in [-0.25, -0.2) is 4.79 Å². The second kappa shape index (κ2) is 8.70. The summed E-state index contributed by atoms with van der Waals surface area (Å²) in [5.41, 5.74) is 1.35. The molecule has 3 aromatic rings. The highest BCUT2D eigenvalue weighted by molar-refractivity contribution is 7.16. The number of methoxy groups -OCH3 is 3. The van der Waals surface area contributed by atoms with Gasteiger partial charge in [-0.05, 0) is 36.4 Å². The van der Waals surface area contributed by atoms with Crippen molar-refractivity contribution in [3.63, 3.8) is 0 Å². The first-order valence-corrected chi connectivity index (χ1v) is 9.30. The molecule has 0 radical (unpaired) electrons. The maximum Gasteiger partial charge on any atom is 0.337 e. The molecule has 150 valence electrons. The van der Waals surface area contributed by atoms with E-state index in [9.17, 15) is 14.4 Å². The average molecular weight is 414 g/mol. The summed E-state index contributed by atoms with van der Waals surface area (Å²) in [5.74, 6) is -0.919. The third kappa shape index (κ3) is 4.35. The first-order chi connectivity index (χ1) is 14.0. The van der Waals surface area contributed by atoms with E-state index in [0.29, 0.717) is 31.9 Å². The Labute approximate surface area is 170 Å². The van der Waals surface area contributed by atoms with Crippen molar-refractivity contribution in [2.24, 2.45) is 4.99 Å². The maximum atomic E-state index is 12.7. The van der Waals surface area contributed by atoms with Gasteiger partial charge >= 0.3 is 11.9 Å². The van der Waals surface area contributed by atoms with Crippen LogP contribution in [-0.2, 0) is 20.8 Å². The Bertz CT molecular complexity index is 1160. The molecule has 0 N–H and O–H groups in total. The van der Waals surface area contributed by atoms with Crippen molar-refractivity contribution >= 4 is 39.4 Å². The fourth-order valence-corrected chi connectivity index (χ4v) is 3.72. The molecule has 0 aliphatic heterocycles. The van der Waals surface area contributed by atoms with Gasteiger partial charge in [0.25, 0.3) is 5.91 Å². The summed E-state index contributed by atoms with van der Waals surface area (Å²) < 4.78 is 16.9. The third-order valence-corrected chi connectivity index (χ3v) is 5.17. The normalized spacial score (nSPS) is 11.3. The molecule has 8 nitrogen and oxygen atoms in total. The van der Waals surface area contributed by atoms with Gasteiger partial charge in [0.15, 0.2) is 4.80 Å². The topological polar surface area (TPSA) is 96.2 Å². The van der Waals surface area contributed by atoms with Gasteiger partial charge < -0.3 is 18.8 Å². The summed E-state index contributed by atoms with van der Waals surface area (Å²) in [5, 5.41) is 0. The number of ether oxygens (including phenoxy) is 3. The van der Waals surface area contributed by atoms with Crippen LogP contribution in [0.1, 0.15) is 20.7 Å². The molecule has 0 bridgehead atoms. The van der Waals surface area contributed by atoms with Gasteiger partial charge in [0.05, 0.1) is 37.1 Å². The number of rotatable bonds is 5. The second-order valence-corrected chi connectivity index (χ2v) is 6.88. The molecule has 2 aromatic carbocycles. The lowest BCUT2D eigenvalue weighted by atomic mass is 10.2. The molecule has 1 amide bonds. The van der Waals surface area contributed by atoms with Crippen molar-refractivity contribution in [2.45, 2.75) is 6.54 Å². The number of hydrogen-bond acceptors (Lipinski definition) is 7. The third-order valence-electron chi connectivity index (χ3n) is 4.13. The number of benzene rings is 2. The zero-order chi connectivity index (χ0) is 21.0. The Balaban J connectivity index is 2.14. The van der Waals surface area contributed by atoms with Crippen molar-refractivity contribution < 1.29 is 28.6 Å². The number of esters is 2. The van der Waals surface area contributed by atoms with Gasteiger partial charge in [0, 0.05) is 5.56 Å². The van der Waals surface area contributed by atoms with Gasteiger partial charge in [-0.2, -0.15) is 4.99 Å². The predicted octanol–water partition coefficient (Wildman–Crippen LogP) is 2.41. The van der Waals surface area contributed by atoms with Crippen LogP contribution >= 0.6 is 11.3 Å². The lowest BCUT2D eigenvalue weighted by molar-refractivity contribution is -0.141. The molecule has 0 aliphatic rings. The van der Waals surface area contributed by atoms with E-state index in [4.69, 9.17) is 14.2 Å². The van der Waals surface area contributed by atoms with Crippen LogP contribution in [0.15, 0.2) is 47.5 Å². The SMILES string of the molecule is COC(=O)Cn1c(=NC(=O)c2cccc(OC)c2)sc2cc(C(=O)OC)ccc21. The molecular weight excluding hydrogens is 396 g/mol.